The van der Waals surface area contributed by atoms with Crippen molar-refractivity contribution in [2.24, 2.45) is 0 Å². The molecule has 4 nitrogen and oxygen atoms in total. The van der Waals surface area contributed by atoms with Crippen LogP contribution in [-0.2, 0) is 23.7 Å². The molecule has 25 heavy (non-hydrogen) atoms. The Hall–Kier alpha value is -2.65. The molecule has 1 heterocycles. The topological polar surface area (TPSA) is 54.3 Å². The number of hydrogen-bond donors (Lipinski definition) is 2. The number of hydrogen-bond acceptors (Lipinski definition) is 3. The number of benzene rings is 1. The first kappa shape index (κ1) is 18.7. The van der Waals surface area contributed by atoms with Crippen LogP contribution in [0.3, 0.4) is 0 Å². The van der Waals surface area contributed by atoms with Gasteiger partial charge in [0.15, 0.2) is 0 Å². The van der Waals surface area contributed by atoms with Crippen molar-refractivity contribution >= 4 is 11.6 Å². The molecule has 0 saturated heterocycles. The molecule has 0 aliphatic heterocycles. The van der Waals surface area contributed by atoms with Gasteiger partial charge in [0, 0.05) is 5.69 Å². The van der Waals surface area contributed by atoms with E-state index in [9.17, 15) is 31.1 Å². The first-order valence-corrected chi connectivity index (χ1v) is 6.88. The lowest BCUT2D eigenvalue weighted by Gasteiger charge is -2.15. The summed E-state index contributed by atoms with van der Waals surface area (Å²) in [6.45, 7) is -0.455. The minimum Gasteiger partial charge on any atom is -0.467 e. The van der Waals surface area contributed by atoms with E-state index in [0.29, 0.717) is 17.9 Å². The van der Waals surface area contributed by atoms with Crippen molar-refractivity contribution in [2.75, 3.05) is 11.9 Å². The molecule has 0 spiro atoms. The van der Waals surface area contributed by atoms with Crippen molar-refractivity contribution in [3.63, 3.8) is 0 Å². The van der Waals surface area contributed by atoms with Gasteiger partial charge in [-0.25, -0.2) is 0 Å². The maximum absolute atomic E-state index is 12.7. The van der Waals surface area contributed by atoms with Gasteiger partial charge in [-0.15, -0.1) is 0 Å². The van der Waals surface area contributed by atoms with Crippen LogP contribution in [0.4, 0.5) is 32.0 Å². The summed E-state index contributed by atoms with van der Waals surface area (Å²) < 4.78 is 81.3. The first-order chi connectivity index (χ1) is 11.6. The highest BCUT2D eigenvalue weighted by Gasteiger charge is 2.36. The summed E-state index contributed by atoms with van der Waals surface area (Å²) in [5.41, 5.74) is -3.38. The van der Waals surface area contributed by atoms with E-state index in [-0.39, 0.29) is 12.6 Å². The molecule has 1 aromatic carbocycles. The van der Waals surface area contributed by atoms with Gasteiger partial charge in [-0.2, -0.15) is 26.3 Å². The Bertz CT molecular complexity index is 690. The van der Waals surface area contributed by atoms with Crippen molar-refractivity contribution in [3.8, 4) is 0 Å². The minimum atomic E-state index is -4.95. The number of carbonyl (C=O) groups excluding carboxylic acids is 1. The van der Waals surface area contributed by atoms with Gasteiger partial charge in [-0.1, -0.05) is 0 Å². The maximum atomic E-state index is 12.7. The zero-order valence-corrected chi connectivity index (χ0v) is 12.5. The third kappa shape index (κ3) is 5.44. The van der Waals surface area contributed by atoms with E-state index in [4.69, 9.17) is 4.42 Å². The van der Waals surface area contributed by atoms with E-state index in [1.807, 2.05) is 0 Å². The number of nitrogens with one attached hydrogen (secondary N) is 2. The zero-order chi connectivity index (χ0) is 18.7. The SMILES string of the molecule is O=C(CNc1cc(C(F)(F)F)cc(C(F)(F)F)c1)NCc1ccco1. The maximum Gasteiger partial charge on any atom is 0.416 e. The molecule has 2 rings (SSSR count). The second-order valence-electron chi connectivity index (χ2n) is 5.00. The van der Waals surface area contributed by atoms with Gasteiger partial charge in [0.2, 0.25) is 5.91 Å². The molecule has 2 N–H and O–H groups in total. The Balaban J connectivity index is 2.06. The van der Waals surface area contributed by atoms with Gasteiger partial charge in [0.05, 0.1) is 30.5 Å². The van der Waals surface area contributed by atoms with E-state index in [0.717, 1.165) is 0 Å². The number of carbonyl (C=O) groups is 1. The summed E-state index contributed by atoms with van der Waals surface area (Å²) in [6, 6.07) is 4.23. The van der Waals surface area contributed by atoms with Gasteiger partial charge < -0.3 is 15.1 Å². The van der Waals surface area contributed by atoms with Crippen LogP contribution in [0.25, 0.3) is 0 Å². The quantitative estimate of drug-likeness (QED) is 0.786. The van der Waals surface area contributed by atoms with Gasteiger partial charge in [-0.05, 0) is 30.3 Å². The van der Waals surface area contributed by atoms with Gasteiger partial charge in [0.25, 0.3) is 0 Å². The molecule has 0 aliphatic carbocycles. The van der Waals surface area contributed by atoms with Crippen molar-refractivity contribution in [2.45, 2.75) is 18.9 Å². The van der Waals surface area contributed by atoms with E-state index in [1.165, 1.54) is 6.26 Å². The Morgan fingerprint density at radius 1 is 1.00 bits per heavy atom. The highest BCUT2D eigenvalue weighted by atomic mass is 19.4. The summed E-state index contributed by atoms with van der Waals surface area (Å²) in [5, 5.41) is 4.66. The van der Waals surface area contributed by atoms with Crippen molar-refractivity contribution in [3.05, 3.63) is 53.5 Å². The predicted octanol–water partition coefficient (Wildman–Crippen LogP) is 4.05. The summed E-state index contributed by atoms with van der Waals surface area (Å²) in [4.78, 5) is 11.6. The standard InChI is InChI=1S/C15H12F6N2O2/c16-14(17,18)9-4-10(15(19,20)21)6-11(5-9)22-8-13(24)23-7-12-2-1-3-25-12/h1-6,22H,7-8H2,(H,23,24). The normalized spacial score (nSPS) is 12.1. The van der Waals surface area contributed by atoms with Gasteiger partial charge in [0.1, 0.15) is 5.76 Å². The summed E-state index contributed by atoms with van der Waals surface area (Å²) >= 11 is 0. The lowest BCUT2D eigenvalue weighted by atomic mass is 10.1. The largest absolute Gasteiger partial charge is 0.467 e. The number of furan rings is 1. The number of anilines is 1. The molecule has 1 aromatic heterocycles. The van der Waals surface area contributed by atoms with Crippen LogP contribution >= 0.6 is 0 Å². The second kappa shape index (κ2) is 7.08. The molecule has 0 unspecified atom stereocenters. The molecule has 10 heteroatoms. The summed E-state index contributed by atoms with van der Waals surface area (Å²) in [5.74, 6) is -0.172. The zero-order valence-electron chi connectivity index (χ0n) is 12.5. The lowest BCUT2D eigenvalue weighted by Crippen LogP contribution is -2.29. The van der Waals surface area contributed by atoms with E-state index in [1.54, 1.807) is 12.1 Å². The Labute approximate surface area is 137 Å². The monoisotopic (exact) mass is 366 g/mol. The molecule has 0 fully saturated rings. The first-order valence-electron chi connectivity index (χ1n) is 6.88. The molecule has 0 bridgehead atoms. The van der Waals surface area contributed by atoms with Crippen molar-refractivity contribution in [1.29, 1.82) is 0 Å². The molecule has 0 aliphatic rings. The smallest absolute Gasteiger partial charge is 0.416 e. The number of rotatable bonds is 5. The fourth-order valence-corrected chi connectivity index (χ4v) is 1.90. The number of halogens is 6. The van der Waals surface area contributed by atoms with Crippen LogP contribution < -0.4 is 10.6 Å². The molecule has 0 saturated carbocycles. The Morgan fingerprint density at radius 3 is 2.08 bits per heavy atom. The molecular weight excluding hydrogens is 354 g/mol. The van der Waals surface area contributed by atoms with Crippen LogP contribution in [0.1, 0.15) is 16.9 Å². The Morgan fingerprint density at radius 2 is 1.60 bits per heavy atom. The second-order valence-corrected chi connectivity index (χ2v) is 5.00. The average Bonchev–Trinajstić information content (AvgIpc) is 3.02. The van der Waals surface area contributed by atoms with E-state index >= 15 is 0 Å². The van der Waals surface area contributed by atoms with Gasteiger partial charge >= 0.3 is 12.4 Å². The average molecular weight is 366 g/mol. The van der Waals surface area contributed by atoms with Crippen LogP contribution in [0, 0.1) is 0 Å². The van der Waals surface area contributed by atoms with E-state index in [2.05, 4.69) is 10.6 Å². The fraction of sp³-hybridized carbons (Fsp3) is 0.267. The summed E-state index contributed by atoms with van der Waals surface area (Å²) in [7, 11) is 0. The van der Waals surface area contributed by atoms with Crippen LogP contribution in [0.2, 0.25) is 0 Å². The summed E-state index contributed by atoms with van der Waals surface area (Å²) in [6.07, 6.45) is -8.50. The number of alkyl halides is 6. The highest BCUT2D eigenvalue weighted by Crippen LogP contribution is 2.37. The van der Waals surface area contributed by atoms with Crippen LogP contribution in [-0.4, -0.2) is 12.5 Å². The lowest BCUT2D eigenvalue weighted by molar-refractivity contribution is -0.143. The molecular formula is C15H12F6N2O2. The molecule has 2 aromatic rings. The molecule has 0 atom stereocenters. The molecule has 0 radical (unpaired) electrons. The third-order valence-electron chi connectivity index (χ3n) is 3.08. The van der Waals surface area contributed by atoms with Crippen molar-refractivity contribution in [1.82, 2.24) is 5.32 Å². The van der Waals surface area contributed by atoms with Gasteiger partial charge in [-0.3, -0.25) is 4.79 Å². The number of amides is 1. The minimum absolute atomic E-state index is 0.0160. The van der Waals surface area contributed by atoms with Crippen LogP contribution in [0.15, 0.2) is 41.0 Å². The Kier molecular flexibility index (Phi) is 5.29. The predicted molar refractivity (Wildman–Crippen MR) is 75.5 cm³/mol. The van der Waals surface area contributed by atoms with E-state index < -0.39 is 41.6 Å². The van der Waals surface area contributed by atoms with Crippen molar-refractivity contribution < 1.29 is 35.6 Å². The third-order valence-corrected chi connectivity index (χ3v) is 3.08. The van der Waals surface area contributed by atoms with Crippen LogP contribution in [0.5, 0.6) is 0 Å². The molecule has 136 valence electrons. The fourth-order valence-electron chi connectivity index (χ4n) is 1.90. The highest BCUT2D eigenvalue weighted by molar-refractivity contribution is 5.80. The molecule has 1 amide bonds.